The van der Waals surface area contributed by atoms with E-state index in [1.54, 1.807) is 0 Å². The highest BCUT2D eigenvalue weighted by Crippen LogP contribution is 2.10. The first-order chi connectivity index (χ1) is 8.09. The number of benzene rings is 1. The van der Waals surface area contributed by atoms with Gasteiger partial charge in [-0.15, -0.1) is 0 Å². The van der Waals surface area contributed by atoms with Crippen LogP contribution in [0.4, 0.5) is 8.78 Å². The van der Waals surface area contributed by atoms with Crippen LogP contribution >= 0.6 is 0 Å². The van der Waals surface area contributed by atoms with E-state index < -0.39 is 13.0 Å². The monoisotopic (exact) mass is 243 g/mol. The molecule has 2 nitrogen and oxygen atoms in total. The van der Waals surface area contributed by atoms with Gasteiger partial charge in [0.2, 0.25) is 0 Å². The van der Waals surface area contributed by atoms with Crippen molar-refractivity contribution in [1.82, 2.24) is 0 Å². The van der Waals surface area contributed by atoms with Crippen LogP contribution in [0.1, 0.15) is 17.5 Å². The summed E-state index contributed by atoms with van der Waals surface area (Å²) in [6.45, 7) is 1.82. The predicted octanol–water partition coefficient (Wildman–Crippen LogP) is 2.54. The molecule has 4 heteroatoms. The Balaban J connectivity index is 2.25. The van der Waals surface area contributed by atoms with E-state index in [2.05, 4.69) is 0 Å². The highest BCUT2D eigenvalue weighted by atomic mass is 19.3. The third kappa shape index (κ3) is 5.75. The van der Waals surface area contributed by atoms with Crippen molar-refractivity contribution in [3.8, 4) is 0 Å². The van der Waals surface area contributed by atoms with Gasteiger partial charge in [-0.2, -0.15) is 0 Å². The van der Waals surface area contributed by atoms with Crippen molar-refractivity contribution >= 4 is 0 Å². The summed E-state index contributed by atoms with van der Waals surface area (Å²) in [6.07, 6.45) is -1.05. The van der Waals surface area contributed by atoms with E-state index in [0.29, 0.717) is 6.42 Å². The second-order valence-corrected chi connectivity index (χ2v) is 4.15. The molecule has 0 bridgehead atoms. The van der Waals surface area contributed by atoms with E-state index in [1.165, 1.54) is 11.1 Å². The van der Waals surface area contributed by atoms with Crippen molar-refractivity contribution in [3.63, 3.8) is 0 Å². The molecule has 1 unspecified atom stereocenters. The van der Waals surface area contributed by atoms with E-state index >= 15 is 0 Å². The Morgan fingerprint density at radius 2 is 2.00 bits per heavy atom. The Bertz CT molecular complexity index is 331. The molecule has 0 aromatic heterocycles. The number of alkyl halides is 2. The molecule has 0 saturated heterocycles. The maximum atomic E-state index is 11.8. The Morgan fingerprint density at radius 1 is 1.29 bits per heavy atom. The molecule has 1 aromatic carbocycles. The highest BCUT2D eigenvalue weighted by Gasteiger charge is 2.07. The first-order valence-electron chi connectivity index (χ1n) is 5.75. The summed E-state index contributed by atoms with van der Waals surface area (Å²) in [5.41, 5.74) is 8.33. The molecule has 0 aliphatic carbocycles. The van der Waals surface area contributed by atoms with E-state index in [4.69, 9.17) is 10.5 Å². The van der Waals surface area contributed by atoms with Crippen LogP contribution in [0.15, 0.2) is 24.3 Å². The number of ether oxygens (including phenoxy) is 1. The summed E-state index contributed by atoms with van der Waals surface area (Å²) in [5.74, 6) is 0. The number of rotatable bonds is 7. The third-order valence-corrected chi connectivity index (χ3v) is 2.62. The fourth-order valence-electron chi connectivity index (χ4n) is 1.63. The minimum Gasteiger partial charge on any atom is -0.375 e. The van der Waals surface area contributed by atoms with Gasteiger partial charge >= 0.3 is 0 Å². The average Bonchev–Trinajstić information content (AvgIpc) is 2.27. The lowest BCUT2D eigenvalue weighted by atomic mass is 10.0. The molecule has 0 amide bonds. The van der Waals surface area contributed by atoms with Gasteiger partial charge in [-0.25, -0.2) is 8.78 Å². The zero-order valence-electron chi connectivity index (χ0n) is 10.0. The van der Waals surface area contributed by atoms with Gasteiger partial charge in [0.15, 0.2) is 0 Å². The predicted molar refractivity (Wildman–Crippen MR) is 64.3 cm³/mol. The molecule has 0 aliphatic heterocycles. The van der Waals surface area contributed by atoms with Crippen LogP contribution in [0, 0.1) is 6.92 Å². The standard InChI is InChI=1S/C13H19F2NO/c1-10-4-2-3-5-11(10)8-12(16)6-7-17-9-13(14)15/h2-5,12-13H,6-9,16H2,1H3. The van der Waals surface area contributed by atoms with Gasteiger partial charge in [-0.3, -0.25) is 0 Å². The molecule has 2 N–H and O–H groups in total. The van der Waals surface area contributed by atoms with E-state index in [1.807, 2.05) is 31.2 Å². The molecule has 0 fully saturated rings. The second kappa shape index (κ2) is 7.35. The van der Waals surface area contributed by atoms with Crippen LogP contribution in [0.25, 0.3) is 0 Å². The number of halogens is 2. The van der Waals surface area contributed by atoms with Crippen molar-refractivity contribution < 1.29 is 13.5 Å². The molecule has 1 aromatic rings. The Labute approximate surface area is 101 Å². The molecule has 0 aliphatic rings. The lowest BCUT2D eigenvalue weighted by Gasteiger charge is -2.13. The van der Waals surface area contributed by atoms with Gasteiger partial charge in [0.25, 0.3) is 6.43 Å². The van der Waals surface area contributed by atoms with Crippen LogP contribution in [0.5, 0.6) is 0 Å². The normalized spacial score (nSPS) is 13.0. The molecule has 96 valence electrons. The number of hydrogen-bond acceptors (Lipinski definition) is 2. The van der Waals surface area contributed by atoms with E-state index in [-0.39, 0.29) is 12.6 Å². The minimum absolute atomic E-state index is 0.0474. The van der Waals surface area contributed by atoms with Crippen molar-refractivity contribution in [3.05, 3.63) is 35.4 Å². The number of nitrogens with two attached hydrogens (primary N) is 1. The van der Waals surface area contributed by atoms with Gasteiger partial charge in [0.1, 0.15) is 6.61 Å². The first-order valence-corrected chi connectivity index (χ1v) is 5.75. The lowest BCUT2D eigenvalue weighted by Crippen LogP contribution is -2.25. The van der Waals surface area contributed by atoms with Gasteiger partial charge in [-0.1, -0.05) is 24.3 Å². The summed E-state index contributed by atoms with van der Waals surface area (Å²) in [6, 6.07) is 7.98. The number of aryl methyl sites for hydroxylation is 1. The summed E-state index contributed by atoms with van der Waals surface area (Å²) in [7, 11) is 0. The lowest BCUT2D eigenvalue weighted by molar-refractivity contribution is 0.0153. The molecule has 17 heavy (non-hydrogen) atoms. The molecular formula is C13H19F2NO. The summed E-state index contributed by atoms with van der Waals surface area (Å²) in [4.78, 5) is 0. The Kier molecular flexibility index (Phi) is 6.08. The maximum absolute atomic E-state index is 11.8. The molecular weight excluding hydrogens is 224 g/mol. The van der Waals surface area contributed by atoms with Gasteiger partial charge < -0.3 is 10.5 Å². The van der Waals surface area contributed by atoms with Gasteiger partial charge in [0, 0.05) is 12.6 Å². The number of hydrogen-bond donors (Lipinski definition) is 1. The topological polar surface area (TPSA) is 35.2 Å². The fourth-order valence-corrected chi connectivity index (χ4v) is 1.63. The summed E-state index contributed by atoms with van der Waals surface area (Å²) < 4.78 is 28.4. The van der Waals surface area contributed by atoms with Crippen molar-refractivity contribution in [1.29, 1.82) is 0 Å². The van der Waals surface area contributed by atoms with Crippen molar-refractivity contribution in [2.75, 3.05) is 13.2 Å². The fraction of sp³-hybridized carbons (Fsp3) is 0.538. The third-order valence-electron chi connectivity index (χ3n) is 2.62. The molecule has 0 radical (unpaired) electrons. The molecule has 1 rings (SSSR count). The van der Waals surface area contributed by atoms with Crippen LogP contribution in [0.2, 0.25) is 0 Å². The molecule has 0 spiro atoms. The van der Waals surface area contributed by atoms with E-state index in [9.17, 15) is 8.78 Å². The maximum Gasteiger partial charge on any atom is 0.261 e. The summed E-state index contributed by atoms with van der Waals surface area (Å²) in [5, 5.41) is 0. The van der Waals surface area contributed by atoms with Crippen molar-refractivity contribution in [2.24, 2.45) is 5.73 Å². The van der Waals surface area contributed by atoms with E-state index in [0.717, 1.165) is 6.42 Å². The van der Waals surface area contributed by atoms with Crippen LogP contribution in [0.3, 0.4) is 0 Å². The SMILES string of the molecule is Cc1ccccc1CC(N)CCOCC(F)F. The molecule has 0 heterocycles. The van der Waals surface area contributed by atoms with Crippen LogP contribution < -0.4 is 5.73 Å². The Hall–Kier alpha value is -1.00. The van der Waals surface area contributed by atoms with Gasteiger partial charge in [-0.05, 0) is 30.9 Å². The average molecular weight is 243 g/mol. The molecule has 1 atom stereocenters. The Morgan fingerprint density at radius 3 is 2.65 bits per heavy atom. The summed E-state index contributed by atoms with van der Waals surface area (Å²) >= 11 is 0. The second-order valence-electron chi connectivity index (χ2n) is 4.15. The highest BCUT2D eigenvalue weighted by molar-refractivity contribution is 5.26. The zero-order valence-corrected chi connectivity index (χ0v) is 10.0. The quantitative estimate of drug-likeness (QED) is 0.747. The van der Waals surface area contributed by atoms with Crippen LogP contribution in [-0.4, -0.2) is 25.7 Å². The van der Waals surface area contributed by atoms with Crippen LogP contribution in [-0.2, 0) is 11.2 Å². The zero-order chi connectivity index (χ0) is 12.7. The van der Waals surface area contributed by atoms with Gasteiger partial charge in [0.05, 0.1) is 0 Å². The largest absolute Gasteiger partial charge is 0.375 e. The minimum atomic E-state index is -2.40. The van der Waals surface area contributed by atoms with Crippen molar-refractivity contribution in [2.45, 2.75) is 32.2 Å². The smallest absolute Gasteiger partial charge is 0.261 e. The first kappa shape index (κ1) is 14.1. The molecule has 0 saturated carbocycles.